The number of anilines is 1. The lowest BCUT2D eigenvalue weighted by atomic mass is 10.2. The van der Waals surface area contributed by atoms with Crippen molar-refractivity contribution in [2.24, 2.45) is 5.92 Å². The van der Waals surface area contributed by atoms with Crippen LogP contribution >= 0.6 is 0 Å². The highest BCUT2D eigenvalue weighted by atomic mass is 15.3. The van der Waals surface area contributed by atoms with Gasteiger partial charge in [0.2, 0.25) is 0 Å². The molecular formula is C11H22N4. The molecule has 0 bridgehead atoms. The summed E-state index contributed by atoms with van der Waals surface area (Å²) >= 11 is 0. The van der Waals surface area contributed by atoms with Gasteiger partial charge < -0.3 is 10.6 Å². The first kappa shape index (κ1) is 12.0. The number of rotatable bonds is 6. The fourth-order valence-electron chi connectivity index (χ4n) is 1.72. The maximum atomic E-state index is 5.53. The Balaban J connectivity index is 2.16. The number of nitrogens with zero attached hydrogens (tertiary/aromatic N) is 3. The molecule has 0 aromatic carbocycles. The van der Waals surface area contributed by atoms with E-state index in [4.69, 9.17) is 5.73 Å². The first-order valence-electron chi connectivity index (χ1n) is 5.55. The lowest BCUT2D eigenvalue weighted by molar-refractivity contribution is 0.285. The standard InChI is InChI=1S/C11H22N4/c1-10(2)9-14(3)6-4-7-15-8-5-11(12)13-15/h5,8,10H,4,6-7,9H2,1-3H3,(H2,12,13). The van der Waals surface area contributed by atoms with Crippen LogP contribution in [0.4, 0.5) is 5.82 Å². The molecule has 0 saturated heterocycles. The quantitative estimate of drug-likeness (QED) is 0.773. The van der Waals surface area contributed by atoms with Gasteiger partial charge in [0.05, 0.1) is 0 Å². The Labute approximate surface area is 92.1 Å². The summed E-state index contributed by atoms with van der Waals surface area (Å²) in [5, 5.41) is 4.14. The number of nitrogen functional groups attached to an aromatic ring is 1. The SMILES string of the molecule is CC(C)CN(C)CCCn1ccc(N)n1. The Bertz CT molecular complexity index is 280. The first-order valence-corrected chi connectivity index (χ1v) is 5.55. The minimum absolute atomic E-state index is 0.602. The van der Waals surface area contributed by atoms with E-state index in [1.807, 2.05) is 16.9 Å². The van der Waals surface area contributed by atoms with Crippen molar-refractivity contribution in [1.29, 1.82) is 0 Å². The smallest absolute Gasteiger partial charge is 0.145 e. The van der Waals surface area contributed by atoms with E-state index in [0.717, 1.165) is 32.0 Å². The average molecular weight is 210 g/mol. The van der Waals surface area contributed by atoms with Gasteiger partial charge in [0.15, 0.2) is 0 Å². The van der Waals surface area contributed by atoms with Crippen LogP contribution in [0.1, 0.15) is 20.3 Å². The predicted molar refractivity (Wildman–Crippen MR) is 63.6 cm³/mol. The molecule has 2 N–H and O–H groups in total. The van der Waals surface area contributed by atoms with Gasteiger partial charge in [-0.15, -0.1) is 0 Å². The van der Waals surface area contributed by atoms with Crippen molar-refractivity contribution < 1.29 is 0 Å². The number of hydrogen-bond acceptors (Lipinski definition) is 3. The van der Waals surface area contributed by atoms with E-state index in [-0.39, 0.29) is 0 Å². The van der Waals surface area contributed by atoms with Gasteiger partial charge in [-0.05, 0) is 32.0 Å². The number of hydrogen-bond donors (Lipinski definition) is 1. The second-order valence-electron chi connectivity index (χ2n) is 4.51. The van der Waals surface area contributed by atoms with Crippen molar-refractivity contribution in [3.05, 3.63) is 12.3 Å². The van der Waals surface area contributed by atoms with Crippen LogP contribution in [0.5, 0.6) is 0 Å². The van der Waals surface area contributed by atoms with Crippen LogP contribution in [0.3, 0.4) is 0 Å². The molecule has 0 aliphatic rings. The van der Waals surface area contributed by atoms with Crippen LogP contribution in [0.15, 0.2) is 12.3 Å². The number of aromatic nitrogens is 2. The van der Waals surface area contributed by atoms with Crippen LogP contribution in [0.25, 0.3) is 0 Å². The normalized spacial score (nSPS) is 11.5. The molecular weight excluding hydrogens is 188 g/mol. The van der Waals surface area contributed by atoms with Gasteiger partial charge in [0.1, 0.15) is 5.82 Å². The number of aryl methyl sites for hydroxylation is 1. The molecule has 1 rings (SSSR count). The molecule has 0 radical (unpaired) electrons. The molecule has 0 atom stereocenters. The molecule has 4 nitrogen and oxygen atoms in total. The van der Waals surface area contributed by atoms with Crippen molar-refractivity contribution >= 4 is 5.82 Å². The Morgan fingerprint density at radius 1 is 1.53 bits per heavy atom. The Morgan fingerprint density at radius 3 is 2.80 bits per heavy atom. The molecule has 1 aromatic rings. The van der Waals surface area contributed by atoms with Gasteiger partial charge >= 0.3 is 0 Å². The van der Waals surface area contributed by atoms with Gasteiger partial charge in [0.25, 0.3) is 0 Å². The Hall–Kier alpha value is -1.03. The lowest BCUT2D eigenvalue weighted by Crippen LogP contribution is -2.25. The average Bonchev–Trinajstić information content (AvgIpc) is 2.50. The van der Waals surface area contributed by atoms with Crippen LogP contribution in [-0.2, 0) is 6.54 Å². The van der Waals surface area contributed by atoms with Gasteiger partial charge in [-0.2, -0.15) is 5.10 Å². The zero-order valence-electron chi connectivity index (χ0n) is 9.98. The molecule has 0 saturated carbocycles. The van der Waals surface area contributed by atoms with E-state index >= 15 is 0 Å². The summed E-state index contributed by atoms with van der Waals surface area (Å²) in [6.45, 7) is 7.69. The summed E-state index contributed by atoms with van der Waals surface area (Å²) in [4.78, 5) is 2.36. The van der Waals surface area contributed by atoms with Crippen LogP contribution < -0.4 is 5.73 Å². The van der Waals surface area contributed by atoms with Gasteiger partial charge in [-0.1, -0.05) is 13.8 Å². The Morgan fingerprint density at radius 2 is 2.27 bits per heavy atom. The van der Waals surface area contributed by atoms with Crippen molar-refractivity contribution in [2.75, 3.05) is 25.9 Å². The third-order valence-corrected chi connectivity index (χ3v) is 2.27. The van der Waals surface area contributed by atoms with Crippen molar-refractivity contribution in [1.82, 2.24) is 14.7 Å². The monoisotopic (exact) mass is 210 g/mol. The van der Waals surface area contributed by atoms with Crippen molar-refractivity contribution in [3.8, 4) is 0 Å². The van der Waals surface area contributed by atoms with Gasteiger partial charge in [-0.3, -0.25) is 4.68 Å². The van der Waals surface area contributed by atoms with Gasteiger partial charge in [-0.25, -0.2) is 0 Å². The van der Waals surface area contributed by atoms with E-state index in [1.54, 1.807) is 0 Å². The zero-order valence-corrected chi connectivity index (χ0v) is 9.98. The third kappa shape index (κ3) is 4.83. The first-order chi connectivity index (χ1) is 7.08. The largest absolute Gasteiger partial charge is 0.382 e. The highest BCUT2D eigenvalue weighted by Gasteiger charge is 2.01. The van der Waals surface area contributed by atoms with Crippen LogP contribution in [0, 0.1) is 5.92 Å². The molecule has 0 unspecified atom stereocenters. The maximum absolute atomic E-state index is 5.53. The fourth-order valence-corrected chi connectivity index (χ4v) is 1.72. The highest BCUT2D eigenvalue weighted by Crippen LogP contribution is 2.00. The van der Waals surface area contributed by atoms with E-state index < -0.39 is 0 Å². The third-order valence-electron chi connectivity index (χ3n) is 2.27. The molecule has 0 spiro atoms. The van der Waals surface area contributed by atoms with E-state index in [0.29, 0.717) is 5.82 Å². The second kappa shape index (κ2) is 5.75. The number of nitrogens with two attached hydrogens (primary N) is 1. The van der Waals surface area contributed by atoms with E-state index in [2.05, 4.69) is 30.9 Å². The molecule has 4 heteroatoms. The van der Waals surface area contributed by atoms with Gasteiger partial charge in [0, 0.05) is 19.3 Å². The Kier molecular flexibility index (Phi) is 4.62. The lowest BCUT2D eigenvalue weighted by Gasteiger charge is -2.18. The van der Waals surface area contributed by atoms with Crippen LogP contribution in [0.2, 0.25) is 0 Å². The molecule has 15 heavy (non-hydrogen) atoms. The van der Waals surface area contributed by atoms with E-state index in [1.165, 1.54) is 0 Å². The van der Waals surface area contributed by atoms with E-state index in [9.17, 15) is 0 Å². The topological polar surface area (TPSA) is 47.1 Å². The van der Waals surface area contributed by atoms with Crippen LogP contribution in [-0.4, -0.2) is 34.8 Å². The predicted octanol–water partition coefficient (Wildman–Crippen LogP) is 1.44. The molecule has 0 aliphatic heterocycles. The summed E-state index contributed by atoms with van der Waals surface area (Å²) in [6, 6.07) is 1.83. The molecule has 1 aromatic heterocycles. The summed E-state index contributed by atoms with van der Waals surface area (Å²) in [5.41, 5.74) is 5.53. The zero-order chi connectivity index (χ0) is 11.3. The molecule has 86 valence electrons. The van der Waals surface area contributed by atoms with Crippen molar-refractivity contribution in [3.63, 3.8) is 0 Å². The highest BCUT2D eigenvalue weighted by molar-refractivity contribution is 5.23. The summed E-state index contributed by atoms with van der Waals surface area (Å²) in [6.07, 6.45) is 3.04. The second-order valence-corrected chi connectivity index (χ2v) is 4.51. The van der Waals surface area contributed by atoms with Crippen molar-refractivity contribution in [2.45, 2.75) is 26.8 Å². The molecule has 0 amide bonds. The summed E-state index contributed by atoms with van der Waals surface area (Å²) < 4.78 is 1.90. The summed E-state index contributed by atoms with van der Waals surface area (Å²) in [5.74, 6) is 1.33. The minimum atomic E-state index is 0.602. The maximum Gasteiger partial charge on any atom is 0.145 e. The molecule has 0 fully saturated rings. The summed E-state index contributed by atoms with van der Waals surface area (Å²) in [7, 11) is 2.16. The molecule has 1 heterocycles. The fraction of sp³-hybridized carbons (Fsp3) is 0.727. The molecule has 0 aliphatic carbocycles. The minimum Gasteiger partial charge on any atom is -0.382 e.